The van der Waals surface area contributed by atoms with Crippen molar-refractivity contribution in [2.75, 3.05) is 32.0 Å². The van der Waals surface area contributed by atoms with Gasteiger partial charge in [0, 0.05) is 37.1 Å². The summed E-state index contributed by atoms with van der Waals surface area (Å²) < 4.78 is 16.2. The average Bonchev–Trinajstić information content (AvgIpc) is 3.04. The summed E-state index contributed by atoms with van der Waals surface area (Å²) in [6.07, 6.45) is 1.73. The van der Waals surface area contributed by atoms with Crippen LogP contribution in [0.25, 0.3) is 0 Å². The van der Waals surface area contributed by atoms with Crippen LogP contribution in [0.5, 0.6) is 17.2 Å². The summed E-state index contributed by atoms with van der Waals surface area (Å²) in [5, 5.41) is 9.33. The quantitative estimate of drug-likeness (QED) is 0.919. The Morgan fingerprint density at radius 1 is 1.12 bits per heavy atom. The van der Waals surface area contributed by atoms with Gasteiger partial charge in [0.25, 0.3) is 0 Å². The van der Waals surface area contributed by atoms with E-state index in [4.69, 9.17) is 19.9 Å². The number of hydrogen-bond acceptors (Lipinski definition) is 7. The van der Waals surface area contributed by atoms with Gasteiger partial charge in [-0.15, -0.1) is 0 Å². The predicted octanol–water partition coefficient (Wildman–Crippen LogP) is 2.08. The van der Waals surface area contributed by atoms with Gasteiger partial charge in [0.05, 0.1) is 26.9 Å². The maximum absolute atomic E-state index is 9.33. The molecular formula is C17H18N4O3. The number of nitrogen functional groups attached to an aromatic ring is 1. The van der Waals surface area contributed by atoms with Gasteiger partial charge in [-0.2, -0.15) is 5.26 Å². The van der Waals surface area contributed by atoms with Crippen LogP contribution < -0.4 is 24.8 Å². The summed E-state index contributed by atoms with van der Waals surface area (Å²) in [4.78, 5) is 6.21. The van der Waals surface area contributed by atoms with Crippen LogP contribution in [0.4, 0.5) is 11.5 Å². The number of nitriles is 1. The number of methoxy groups -OCH3 is 3. The topological polar surface area (TPSA) is 93.6 Å². The molecule has 0 amide bonds. The molecule has 0 atom stereocenters. The summed E-state index contributed by atoms with van der Waals surface area (Å²) in [6.45, 7) is 1.21. The Morgan fingerprint density at radius 2 is 1.79 bits per heavy atom. The third-order valence-electron chi connectivity index (χ3n) is 4.14. The van der Waals surface area contributed by atoms with E-state index in [1.54, 1.807) is 27.5 Å². The molecule has 0 radical (unpaired) electrons. The van der Waals surface area contributed by atoms with Gasteiger partial charge < -0.3 is 24.8 Å². The zero-order chi connectivity index (χ0) is 17.3. The molecule has 0 spiro atoms. The molecule has 2 N–H and O–H groups in total. The highest BCUT2D eigenvalue weighted by Crippen LogP contribution is 2.43. The minimum absolute atomic E-state index is 0.267. The Bertz CT molecular complexity index is 804. The molecule has 0 unspecified atom stereocenters. The van der Waals surface area contributed by atoms with E-state index in [1.165, 1.54) is 0 Å². The molecule has 1 aliphatic heterocycles. The number of nitrogens with two attached hydrogens (primary N) is 1. The zero-order valence-electron chi connectivity index (χ0n) is 13.8. The van der Waals surface area contributed by atoms with Crippen LogP contribution in [0.15, 0.2) is 18.3 Å². The highest BCUT2D eigenvalue weighted by Gasteiger charge is 2.26. The standard InChI is InChI=1S/C17H18N4O3/c1-22-14-4-11(5-15(23-2)16(14)24-3)21-8-10-7-20-17(19)12(6-18)13(10)9-21/h4-5,7H,8-9H2,1-3H3,(H2,19,20). The van der Waals surface area contributed by atoms with Crippen molar-refractivity contribution in [3.05, 3.63) is 35.0 Å². The van der Waals surface area contributed by atoms with Crippen molar-refractivity contribution in [2.24, 2.45) is 0 Å². The van der Waals surface area contributed by atoms with E-state index >= 15 is 0 Å². The molecule has 7 heteroatoms. The van der Waals surface area contributed by atoms with Crippen molar-refractivity contribution in [3.8, 4) is 23.3 Å². The molecule has 124 valence electrons. The molecule has 0 aliphatic carbocycles. The predicted molar refractivity (Wildman–Crippen MR) is 89.3 cm³/mol. The molecule has 2 aromatic rings. The Hall–Kier alpha value is -3.14. The first-order valence-corrected chi connectivity index (χ1v) is 7.34. The maximum Gasteiger partial charge on any atom is 0.203 e. The number of ether oxygens (including phenoxy) is 3. The lowest BCUT2D eigenvalue weighted by molar-refractivity contribution is 0.324. The Labute approximate surface area is 140 Å². The van der Waals surface area contributed by atoms with Gasteiger partial charge in [-0.25, -0.2) is 4.98 Å². The Kier molecular flexibility index (Phi) is 4.04. The minimum atomic E-state index is 0.267. The Balaban J connectivity index is 2.02. The van der Waals surface area contributed by atoms with Crippen LogP contribution in [-0.2, 0) is 13.1 Å². The summed E-state index contributed by atoms with van der Waals surface area (Å²) >= 11 is 0. The van der Waals surface area contributed by atoms with Gasteiger partial charge in [-0.05, 0) is 11.1 Å². The molecule has 1 aromatic heterocycles. The number of fused-ring (bicyclic) bond motifs is 1. The van der Waals surface area contributed by atoms with E-state index < -0.39 is 0 Å². The van der Waals surface area contributed by atoms with E-state index in [0.717, 1.165) is 16.8 Å². The second kappa shape index (κ2) is 6.16. The van der Waals surface area contributed by atoms with Crippen molar-refractivity contribution in [1.29, 1.82) is 5.26 Å². The monoisotopic (exact) mass is 326 g/mol. The van der Waals surface area contributed by atoms with E-state index in [-0.39, 0.29) is 5.82 Å². The van der Waals surface area contributed by atoms with Crippen LogP contribution in [0, 0.1) is 11.3 Å². The van der Waals surface area contributed by atoms with Crippen LogP contribution in [-0.4, -0.2) is 26.3 Å². The molecule has 0 fully saturated rings. The number of rotatable bonds is 4. The molecule has 7 nitrogen and oxygen atoms in total. The summed E-state index contributed by atoms with van der Waals surface area (Å²) in [7, 11) is 4.73. The van der Waals surface area contributed by atoms with E-state index in [2.05, 4.69) is 16.0 Å². The van der Waals surface area contributed by atoms with Gasteiger partial charge in [0.1, 0.15) is 11.9 Å². The third-order valence-corrected chi connectivity index (χ3v) is 4.14. The van der Waals surface area contributed by atoms with Crippen molar-refractivity contribution >= 4 is 11.5 Å². The summed E-state index contributed by atoms with van der Waals surface area (Å²) in [5.41, 5.74) is 9.07. The van der Waals surface area contributed by atoms with Crippen molar-refractivity contribution in [1.82, 2.24) is 4.98 Å². The third kappa shape index (κ3) is 2.42. The number of pyridine rings is 1. The van der Waals surface area contributed by atoms with Crippen LogP contribution in [0.3, 0.4) is 0 Å². The minimum Gasteiger partial charge on any atom is -0.493 e. The van der Waals surface area contributed by atoms with Gasteiger partial charge in [-0.3, -0.25) is 0 Å². The van der Waals surface area contributed by atoms with Gasteiger partial charge in [0.15, 0.2) is 11.5 Å². The highest BCUT2D eigenvalue weighted by molar-refractivity contribution is 5.66. The summed E-state index contributed by atoms with van der Waals surface area (Å²) in [6, 6.07) is 5.92. The lowest BCUT2D eigenvalue weighted by Crippen LogP contribution is -2.15. The molecule has 1 aliphatic rings. The largest absolute Gasteiger partial charge is 0.493 e. The zero-order valence-corrected chi connectivity index (χ0v) is 13.8. The second-order valence-corrected chi connectivity index (χ2v) is 5.37. The number of benzene rings is 1. The molecule has 1 aromatic carbocycles. The molecular weight excluding hydrogens is 308 g/mol. The van der Waals surface area contributed by atoms with Crippen molar-refractivity contribution in [3.63, 3.8) is 0 Å². The molecule has 3 rings (SSSR count). The van der Waals surface area contributed by atoms with Gasteiger partial charge in [-0.1, -0.05) is 0 Å². The van der Waals surface area contributed by atoms with Crippen LogP contribution in [0.2, 0.25) is 0 Å². The maximum atomic E-state index is 9.33. The fourth-order valence-electron chi connectivity index (χ4n) is 2.93. The fourth-order valence-corrected chi connectivity index (χ4v) is 2.93. The number of nitrogens with zero attached hydrogens (tertiary/aromatic N) is 3. The van der Waals surface area contributed by atoms with Gasteiger partial charge in [0.2, 0.25) is 5.75 Å². The lowest BCUT2D eigenvalue weighted by Gasteiger charge is -2.21. The second-order valence-electron chi connectivity index (χ2n) is 5.37. The van der Waals surface area contributed by atoms with Crippen LogP contribution in [0.1, 0.15) is 16.7 Å². The highest BCUT2D eigenvalue weighted by atomic mass is 16.5. The SMILES string of the molecule is COc1cc(N2Cc3cnc(N)c(C#N)c3C2)cc(OC)c1OC. The molecule has 0 bridgehead atoms. The fraction of sp³-hybridized carbons (Fsp3) is 0.294. The Morgan fingerprint density at radius 3 is 2.33 bits per heavy atom. The molecule has 0 saturated carbocycles. The first-order valence-electron chi connectivity index (χ1n) is 7.34. The van der Waals surface area contributed by atoms with Crippen molar-refractivity contribution in [2.45, 2.75) is 13.1 Å². The molecule has 24 heavy (non-hydrogen) atoms. The number of aromatic nitrogens is 1. The first-order chi connectivity index (χ1) is 11.6. The first kappa shape index (κ1) is 15.7. The normalized spacial score (nSPS) is 12.5. The lowest BCUT2D eigenvalue weighted by atomic mass is 10.1. The van der Waals surface area contributed by atoms with Gasteiger partial charge >= 0.3 is 0 Å². The average molecular weight is 326 g/mol. The molecule has 2 heterocycles. The van der Waals surface area contributed by atoms with E-state index in [9.17, 15) is 5.26 Å². The summed E-state index contributed by atoms with van der Waals surface area (Å²) in [5.74, 6) is 1.98. The van der Waals surface area contributed by atoms with E-state index in [0.29, 0.717) is 35.9 Å². The number of anilines is 2. The number of hydrogen-bond donors (Lipinski definition) is 1. The van der Waals surface area contributed by atoms with Crippen molar-refractivity contribution < 1.29 is 14.2 Å². The smallest absolute Gasteiger partial charge is 0.203 e. The van der Waals surface area contributed by atoms with Crippen LogP contribution >= 0.6 is 0 Å². The molecule has 0 saturated heterocycles. The van der Waals surface area contributed by atoms with E-state index in [1.807, 2.05) is 12.1 Å².